The van der Waals surface area contributed by atoms with Crippen LogP contribution in [0, 0.1) is 0 Å². The topological polar surface area (TPSA) is 32.8 Å². The van der Waals surface area contributed by atoms with Gasteiger partial charge in [-0.3, -0.25) is 9.69 Å². The molecule has 4 nitrogen and oxygen atoms in total. The third-order valence-electron chi connectivity index (χ3n) is 5.31. The van der Waals surface area contributed by atoms with Crippen LogP contribution in [0.25, 0.3) is 0 Å². The number of nitrogens with zero attached hydrogens (tertiary/aromatic N) is 2. The van der Waals surface area contributed by atoms with Crippen molar-refractivity contribution >= 4 is 17.5 Å². The maximum atomic E-state index is 12.9. The molecule has 0 aromatic heterocycles. The van der Waals surface area contributed by atoms with Crippen LogP contribution in [0.5, 0.6) is 5.75 Å². The molecule has 1 amide bonds. The Bertz CT molecular complexity index is 968. The van der Waals surface area contributed by atoms with Crippen molar-refractivity contribution in [1.29, 1.82) is 0 Å². The van der Waals surface area contributed by atoms with Gasteiger partial charge in [-0.05, 0) is 41.5 Å². The van der Waals surface area contributed by atoms with Gasteiger partial charge in [-0.2, -0.15) is 0 Å². The molecule has 1 aliphatic heterocycles. The summed E-state index contributed by atoms with van der Waals surface area (Å²) in [6.07, 6.45) is 0. The Morgan fingerprint density at radius 3 is 2.27 bits per heavy atom. The lowest BCUT2D eigenvalue weighted by Crippen LogP contribution is -2.48. The number of carbonyl (C=O) groups is 1. The molecular formula is C25H25ClN2O2. The average Bonchev–Trinajstić information content (AvgIpc) is 2.79. The summed E-state index contributed by atoms with van der Waals surface area (Å²) in [7, 11) is 0. The van der Waals surface area contributed by atoms with Gasteiger partial charge in [0.25, 0.3) is 5.91 Å². The zero-order valence-corrected chi connectivity index (χ0v) is 17.6. The zero-order valence-electron chi connectivity index (χ0n) is 16.8. The van der Waals surface area contributed by atoms with Gasteiger partial charge in [-0.25, -0.2) is 0 Å². The number of rotatable bonds is 6. The van der Waals surface area contributed by atoms with Gasteiger partial charge in [0.1, 0.15) is 12.4 Å². The van der Waals surface area contributed by atoms with E-state index in [0.29, 0.717) is 11.6 Å². The van der Waals surface area contributed by atoms with E-state index in [-0.39, 0.29) is 5.91 Å². The van der Waals surface area contributed by atoms with Crippen LogP contribution in [0.2, 0.25) is 5.02 Å². The lowest BCUT2D eigenvalue weighted by molar-refractivity contribution is 0.0628. The van der Waals surface area contributed by atoms with Crippen molar-refractivity contribution in [2.45, 2.75) is 13.2 Å². The van der Waals surface area contributed by atoms with Gasteiger partial charge in [-0.15, -0.1) is 0 Å². The van der Waals surface area contributed by atoms with E-state index in [9.17, 15) is 4.79 Å². The zero-order chi connectivity index (χ0) is 20.8. The molecule has 0 atom stereocenters. The fraction of sp³-hybridized carbons (Fsp3) is 0.240. The molecule has 1 fully saturated rings. The van der Waals surface area contributed by atoms with Gasteiger partial charge in [0.15, 0.2) is 0 Å². The Morgan fingerprint density at radius 2 is 1.57 bits per heavy atom. The maximum absolute atomic E-state index is 12.9. The predicted octanol–water partition coefficient (Wildman–Crippen LogP) is 4.88. The molecule has 1 saturated heterocycles. The first-order valence-corrected chi connectivity index (χ1v) is 10.6. The van der Waals surface area contributed by atoms with Crippen LogP contribution >= 0.6 is 11.6 Å². The van der Waals surface area contributed by atoms with Crippen LogP contribution in [0.3, 0.4) is 0 Å². The summed E-state index contributed by atoms with van der Waals surface area (Å²) >= 11 is 5.98. The van der Waals surface area contributed by atoms with E-state index in [1.165, 1.54) is 5.56 Å². The third-order valence-corrected chi connectivity index (χ3v) is 5.55. The van der Waals surface area contributed by atoms with Crippen LogP contribution in [0.15, 0.2) is 78.9 Å². The summed E-state index contributed by atoms with van der Waals surface area (Å²) < 4.78 is 5.76. The van der Waals surface area contributed by atoms with E-state index >= 15 is 0 Å². The largest absolute Gasteiger partial charge is 0.489 e. The molecule has 154 valence electrons. The highest BCUT2D eigenvalue weighted by molar-refractivity contribution is 6.30. The average molecular weight is 421 g/mol. The summed E-state index contributed by atoms with van der Waals surface area (Å²) in [5.74, 6) is 0.827. The Labute approximate surface area is 182 Å². The van der Waals surface area contributed by atoms with Crippen molar-refractivity contribution in [3.63, 3.8) is 0 Å². The summed E-state index contributed by atoms with van der Waals surface area (Å²) in [6.45, 7) is 4.67. The number of halogens is 1. The van der Waals surface area contributed by atoms with Crippen LogP contribution in [0.4, 0.5) is 0 Å². The molecule has 0 bridgehead atoms. The van der Waals surface area contributed by atoms with Gasteiger partial charge in [0.05, 0.1) is 0 Å². The summed E-state index contributed by atoms with van der Waals surface area (Å²) in [5, 5.41) is 0.650. The number of ether oxygens (including phenoxy) is 1. The number of carbonyl (C=O) groups excluding carboxylic acids is 1. The SMILES string of the molecule is O=C(c1ccc(COc2cccc(Cl)c2)cc1)N1CCN(Cc2ccccc2)CC1. The molecule has 30 heavy (non-hydrogen) atoms. The molecule has 0 unspecified atom stereocenters. The van der Waals surface area contributed by atoms with Gasteiger partial charge in [-0.1, -0.05) is 60.1 Å². The molecule has 0 spiro atoms. The number of piperazine rings is 1. The standard InChI is InChI=1S/C25H25ClN2O2/c26-23-7-4-8-24(17-23)30-19-21-9-11-22(12-10-21)25(29)28-15-13-27(14-16-28)18-20-5-2-1-3-6-20/h1-12,17H,13-16,18-19H2. The first kappa shape index (κ1) is 20.5. The molecule has 0 radical (unpaired) electrons. The normalized spacial score (nSPS) is 14.5. The maximum Gasteiger partial charge on any atom is 0.253 e. The quantitative estimate of drug-likeness (QED) is 0.570. The number of hydrogen-bond acceptors (Lipinski definition) is 3. The second-order valence-electron chi connectivity index (χ2n) is 7.50. The van der Waals surface area contributed by atoms with Crippen LogP contribution in [-0.4, -0.2) is 41.9 Å². The van der Waals surface area contributed by atoms with Crippen molar-refractivity contribution in [3.05, 3.63) is 101 Å². The van der Waals surface area contributed by atoms with E-state index in [4.69, 9.17) is 16.3 Å². The lowest BCUT2D eigenvalue weighted by Gasteiger charge is -2.34. The predicted molar refractivity (Wildman–Crippen MR) is 120 cm³/mol. The first-order valence-electron chi connectivity index (χ1n) is 10.2. The van der Waals surface area contributed by atoms with Crippen molar-refractivity contribution in [3.8, 4) is 5.75 Å². The number of amides is 1. The molecule has 0 N–H and O–H groups in total. The van der Waals surface area contributed by atoms with Gasteiger partial charge in [0.2, 0.25) is 0 Å². The highest BCUT2D eigenvalue weighted by Gasteiger charge is 2.22. The van der Waals surface area contributed by atoms with E-state index in [0.717, 1.165) is 49.6 Å². The van der Waals surface area contributed by atoms with Crippen molar-refractivity contribution in [2.75, 3.05) is 26.2 Å². The highest BCUT2D eigenvalue weighted by atomic mass is 35.5. The molecular weight excluding hydrogens is 396 g/mol. The Balaban J connectivity index is 1.27. The molecule has 1 aliphatic rings. The van der Waals surface area contributed by atoms with Gasteiger partial charge >= 0.3 is 0 Å². The molecule has 1 heterocycles. The van der Waals surface area contributed by atoms with Gasteiger partial charge < -0.3 is 9.64 Å². The fourth-order valence-corrected chi connectivity index (χ4v) is 3.78. The molecule has 4 rings (SSSR count). The van der Waals surface area contributed by atoms with Crippen LogP contribution < -0.4 is 4.74 Å². The van der Waals surface area contributed by atoms with E-state index in [1.807, 2.05) is 53.4 Å². The minimum absolute atomic E-state index is 0.0941. The molecule has 3 aromatic rings. The minimum atomic E-state index is 0.0941. The lowest BCUT2D eigenvalue weighted by atomic mass is 10.1. The summed E-state index contributed by atoms with van der Waals surface area (Å²) in [6, 6.07) is 25.5. The Kier molecular flexibility index (Phi) is 6.67. The Hall–Kier alpha value is -2.82. The van der Waals surface area contributed by atoms with Crippen molar-refractivity contribution in [1.82, 2.24) is 9.80 Å². The van der Waals surface area contributed by atoms with E-state index in [1.54, 1.807) is 6.07 Å². The van der Waals surface area contributed by atoms with Crippen molar-refractivity contribution < 1.29 is 9.53 Å². The van der Waals surface area contributed by atoms with Crippen LogP contribution in [0.1, 0.15) is 21.5 Å². The molecule has 0 saturated carbocycles. The minimum Gasteiger partial charge on any atom is -0.489 e. The van der Waals surface area contributed by atoms with E-state index in [2.05, 4.69) is 29.2 Å². The number of benzene rings is 3. The fourth-order valence-electron chi connectivity index (χ4n) is 3.60. The number of hydrogen-bond donors (Lipinski definition) is 0. The van der Waals surface area contributed by atoms with Crippen LogP contribution in [-0.2, 0) is 13.2 Å². The second-order valence-corrected chi connectivity index (χ2v) is 7.93. The molecule has 0 aliphatic carbocycles. The smallest absolute Gasteiger partial charge is 0.253 e. The third kappa shape index (κ3) is 5.41. The molecule has 3 aromatic carbocycles. The monoisotopic (exact) mass is 420 g/mol. The van der Waals surface area contributed by atoms with Crippen molar-refractivity contribution in [2.24, 2.45) is 0 Å². The molecule has 5 heteroatoms. The second kappa shape index (κ2) is 9.79. The summed E-state index contributed by atoms with van der Waals surface area (Å²) in [4.78, 5) is 17.2. The first-order chi connectivity index (χ1) is 14.7. The Morgan fingerprint density at radius 1 is 0.833 bits per heavy atom. The van der Waals surface area contributed by atoms with Gasteiger partial charge in [0, 0.05) is 43.3 Å². The van der Waals surface area contributed by atoms with E-state index < -0.39 is 0 Å². The summed E-state index contributed by atoms with van der Waals surface area (Å²) in [5.41, 5.74) is 3.05. The highest BCUT2D eigenvalue weighted by Crippen LogP contribution is 2.19.